The lowest BCUT2D eigenvalue weighted by Crippen LogP contribution is -2.29. The maximum atomic E-state index is 9.51. The second-order valence-corrected chi connectivity index (χ2v) is 7.25. The first kappa shape index (κ1) is 16.4. The molecule has 6 aromatic rings. The lowest BCUT2D eigenvalue weighted by atomic mass is 9.80. The van der Waals surface area contributed by atoms with Gasteiger partial charge in [-0.05, 0) is 53.0 Å². The van der Waals surface area contributed by atoms with Crippen LogP contribution in [0.2, 0.25) is 0 Å². The second-order valence-electron chi connectivity index (χ2n) is 7.25. The van der Waals surface area contributed by atoms with Crippen molar-refractivity contribution in [3.05, 3.63) is 78.9 Å². The number of furan rings is 2. The molecule has 0 aliphatic rings. The van der Waals surface area contributed by atoms with Crippen LogP contribution < -0.4 is 5.46 Å². The summed E-state index contributed by atoms with van der Waals surface area (Å²) in [4.78, 5) is 0. The van der Waals surface area contributed by atoms with Crippen LogP contribution in [0.3, 0.4) is 0 Å². The van der Waals surface area contributed by atoms with E-state index in [0.29, 0.717) is 5.46 Å². The van der Waals surface area contributed by atoms with E-state index in [2.05, 4.69) is 24.3 Å². The largest absolute Gasteiger partial charge is 0.488 e. The van der Waals surface area contributed by atoms with Crippen molar-refractivity contribution < 1.29 is 18.9 Å². The number of hydrogen-bond donors (Lipinski definition) is 2. The highest BCUT2D eigenvalue weighted by molar-refractivity contribution is 6.59. The summed E-state index contributed by atoms with van der Waals surface area (Å²) in [5.74, 6) is 0. The van der Waals surface area contributed by atoms with Crippen LogP contribution in [-0.4, -0.2) is 17.2 Å². The topological polar surface area (TPSA) is 66.7 Å². The van der Waals surface area contributed by atoms with E-state index in [1.807, 2.05) is 36.4 Å². The molecule has 29 heavy (non-hydrogen) atoms. The van der Waals surface area contributed by atoms with Gasteiger partial charge in [-0.2, -0.15) is 0 Å². The minimum Gasteiger partial charge on any atom is -0.456 e. The van der Waals surface area contributed by atoms with Gasteiger partial charge in [-0.3, -0.25) is 0 Å². The fourth-order valence-corrected chi connectivity index (χ4v) is 4.04. The van der Waals surface area contributed by atoms with Crippen molar-refractivity contribution in [3.8, 4) is 11.1 Å². The van der Waals surface area contributed by atoms with Gasteiger partial charge in [-0.1, -0.05) is 42.5 Å². The van der Waals surface area contributed by atoms with E-state index < -0.39 is 7.12 Å². The fourth-order valence-electron chi connectivity index (χ4n) is 4.04. The Hall–Kier alpha value is -3.54. The molecular weight excluding hydrogens is 363 g/mol. The van der Waals surface area contributed by atoms with Crippen LogP contribution in [0.4, 0.5) is 0 Å². The van der Waals surface area contributed by atoms with Crippen molar-refractivity contribution in [3.63, 3.8) is 0 Å². The molecule has 0 unspecified atom stereocenters. The van der Waals surface area contributed by atoms with E-state index in [4.69, 9.17) is 8.83 Å². The normalized spacial score (nSPS) is 11.8. The highest BCUT2D eigenvalue weighted by atomic mass is 16.4. The lowest BCUT2D eigenvalue weighted by molar-refractivity contribution is 0.426. The first-order valence-corrected chi connectivity index (χ1v) is 9.41. The van der Waals surface area contributed by atoms with Crippen molar-refractivity contribution >= 4 is 56.5 Å². The molecule has 0 fully saturated rings. The molecule has 0 atom stereocenters. The molecule has 4 aromatic carbocycles. The molecule has 0 aliphatic heterocycles. The zero-order valence-corrected chi connectivity index (χ0v) is 15.3. The standard InChI is InChI=1S/C24H15BO4/c26-25(27)16-7-10-24-20(13-16)19-12-15(6-9-23(19)29-24)14-5-8-22-18(11-14)17-3-1-2-4-21(17)28-22/h1-13,26-27H. The molecule has 4 nitrogen and oxygen atoms in total. The predicted octanol–water partition coefficient (Wildman–Crippen LogP) is 4.83. The summed E-state index contributed by atoms with van der Waals surface area (Å²) in [6, 6.07) is 25.5. The van der Waals surface area contributed by atoms with Crippen LogP contribution in [0.5, 0.6) is 0 Å². The van der Waals surface area contributed by atoms with Gasteiger partial charge in [-0.25, -0.2) is 0 Å². The van der Waals surface area contributed by atoms with Gasteiger partial charge in [0.1, 0.15) is 22.3 Å². The van der Waals surface area contributed by atoms with Crippen LogP contribution in [0.1, 0.15) is 0 Å². The lowest BCUT2D eigenvalue weighted by Gasteiger charge is -2.03. The Labute approximate surface area is 165 Å². The summed E-state index contributed by atoms with van der Waals surface area (Å²) in [5.41, 5.74) is 5.82. The number of fused-ring (bicyclic) bond motifs is 6. The molecule has 138 valence electrons. The van der Waals surface area contributed by atoms with Gasteiger partial charge in [0.15, 0.2) is 0 Å². The van der Waals surface area contributed by atoms with Gasteiger partial charge in [0.25, 0.3) is 0 Å². The van der Waals surface area contributed by atoms with Crippen LogP contribution in [0.15, 0.2) is 87.7 Å². The van der Waals surface area contributed by atoms with Gasteiger partial charge in [-0.15, -0.1) is 0 Å². The Morgan fingerprint density at radius 3 is 1.69 bits per heavy atom. The van der Waals surface area contributed by atoms with E-state index in [0.717, 1.165) is 55.0 Å². The average Bonchev–Trinajstić information content (AvgIpc) is 3.30. The summed E-state index contributed by atoms with van der Waals surface area (Å²) in [6.45, 7) is 0. The highest BCUT2D eigenvalue weighted by Gasteiger charge is 2.15. The summed E-state index contributed by atoms with van der Waals surface area (Å²) in [7, 11) is -1.51. The first-order chi connectivity index (χ1) is 14.2. The quantitative estimate of drug-likeness (QED) is 0.424. The van der Waals surface area contributed by atoms with E-state index in [1.54, 1.807) is 18.2 Å². The van der Waals surface area contributed by atoms with Gasteiger partial charge < -0.3 is 18.9 Å². The summed E-state index contributed by atoms with van der Waals surface area (Å²) < 4.78 is 11.8. The summed E-state index contributed by atoms with van der Waals surface area (Å²) >= 11 is 0. The van der Waals surface area contributed by atoms with Crippen molar-refractivity contribution in [2.45, 2.75) is 0 Å². The maximum Gasteiger partial charge on any atom is 0.488 e. The van der Waals surface area contributed by atoms with Crippen LogP contribution in [-0.2, 0) is 0 Å². The molecule has 0 bridgehead atoms. The molecule has 2 aromatic heterocycles. The predicted molar refractivity (Wildman–Crippen MR) is 116 cm³/mol. The van der Waals surface area contributed by atoms with E-state index >= 15 is 0 Å². The number of para-hydroxylation sites is 1. The maximum absolute atomic E-state index is 9.51. The first-order valence-electron chi connectivity index (χ1n) is 9.41. The van der Waals surface area contributed by atoms with Crippen molar-refractivity contribution in [1.82, 2.24) is 0 Å². The molecule has 0 aliphatic carbocycles. The fraction of sp³-hybridized carbons (Fsp3) is 0. The monoisotopic (exact) mass is 378 g/mol. The number of benzene rings is 4. The van der Waals surface area contributed by atoms with Gasteiger partial charge in [0.05, 0.1) is 0 Å². The zero-order chi connectivity index (χ0) is 19.5. The molecule has 0 spiro atoms. The third-order valence-electron chi connectivity index (χ3n) is 5.50. The molecule has 2 heterocycles. The minimum absolute atomic E-state index is 0.442. The van der Waals surface area contributed by atoms with Gasteiger partial charge >= 0.3 is 7.12 Å². The summed E-state index contributed by atoms with van der Waals surface area (Å²) in [5, 5.41) is 23.0. The smallest absolute Gasteiger partial charge is 0.456 e. The van der Waals surface area contributed by atoms with Gasteiger partial charge in [0, 0.05) is 21.5 Å². The molecule has 0 radical (unpaired) electrons. The molecule has 5 heteroatoms. The molecule has 2 N–H and O–H groups in total. The zero-order valence-electron chi connectivity index (χ0n) is 15.3. The molecule has 0 saturated carbocycles. The summed E-state index contributed by atoms with van der Waals surface area (Å²) in [6.07, 6.45) is 0. The third kappa shape index (κ3) is 2.49. The molecule has 6 rings (SSSR count). The minimum atomic E-state index is -1.51. The Morgan fingerprint density at radius 2 is 1.03 bits per heavy atom. The Kier molecular flexibility index (Phi) is 3.39. The highest BCUT2D eigenvalue weighted by Crippen LogP contribution is 2.35. The Morgan fingerprint density at radius 1 is 0.517 bits per heavy atom. The SMILES string of the molecule is OB(O)c1ccc2oc3ccc(-c4ccc5oc6ccccc6c5c4)cc3c2c1. The molecule has 0 saturated heterocycles. The van der Waals surface area contributed by atoms with Gasteiger partial charge in [0.2, 0.25) is 0 Å². The Bertz CT molecular complexity index is 1540. The Balaban J connectivity index is 1.57. The van der Waals surface area contributed by atoms with Crippen LogP contribution in [0, 0.1) is 0 Å². The van der Waals surface area contributed by atoms with Crippen molar-refractivity contribution in [2.24, 2.45) is 0 Å². The van der Waals surface area contributed by atoms with Crippen LogP contribution in [0.25, 0.3) is 55.0 Å². The third-order valence-corrected chi connectivity index (χ3v) is 5.50. The van der Waals surface area contributed by atoms with E-state index in [9.17, 15) is 10.0 Å². The van der Waals surface area contributed by atoms with E-state index in [-0.39, 0.29) is 0 Å². The second kappa shape index (κ2) is 5.98. The average molecular weight is 378 g/mol. The number of hydrogen-bond acceptors (Lipinski definition) is 4. The number of rotatable bonds is 2. The molecule has 0 amide bonds. The van der Waals surface area contributed by atoms with E-state index in [1.165, 1.54) is 0 Å². The molecular formula is C24H15BO4. The van der Waals surface area contributed by atoms with Crippen molar-refractivity contribution in [1.29, 1.82) is 0 Å². The van der Waals surface area contributed by atoms with Crippen LogP contribution >= 0.6 is 0 Å². The van der Waals surface area contributed by atoms with Crippen molar-refractivity contribution in [2.75, 3.05) is 0 Å².